The fourth-order valence-electron chi connectivity index (χ4n) is 2.98. The number of aromatic nitrogens is 2. The number of rotatable bonds is 7. The van der Waals surface area contributed by atoms with Crippen LogP contribution in [0.2, 0.25) is 0 Å². The van der Waals surface area contributed by atoms with Gasteiger partial charge in [-0.15, -0.1) is 24.0 Å². The Morgan fingerprint density at radius 3 is 2.56 bits per heavy atom. The second-order valence-electron chi connectivity index (χ2n) is 6.19. The van der Waals surface area contributed by atoms with Gasteiger partial charge in [-0.2, -0.15) is 0 Å². The van der Waals surface area contributed by atoms with Crippen LogP contribution in [-0.2, 0) is 19.4 Å². The summed E-state index contributed by atoms with van der Waals surface area (Å²) in [5, 5.41) is 6.73. The first-order valence-corrected chi connectivity index (χ1v) is 9.31. The quantitative estimate of drug-likeness (QED) is 0.309. The fourth-order valence-corrected chi connectivity index (χ4v) is 2.98. The number of nitrogens with one attached hydrogen (secondary N) is 2. The molecule has 3 rings (SSSR count). The Morgan fingerprint density at radius 1 is 1.04 bits per heavy atom. The maximum atomic E-state index is 4.74. The summed E-state index contributed by atoms with van der Waals surface area (Å²) < 4.78 is 2.05. The summed E-state index contributed by atoms with van der Waals surface area (Å²) in [6.45, 7) is 6.59. The minimum absolute atomic E-state index is 0. The highest BCUT2D eigenvalue weighted by atomic mass is 127. The van der Waals surface area contributed by atoms with Crippen molar-refractivity contribution in [3.05, 3.63) is 71.7 Å². The smallest absolute Gasteiger partial charge is 0.191 e. The summed E-state index contributed by atoms with van der Waals surface area (Å²) in [6.07, 6.45) is 6.00. The van der Waals surface area contributed by atoms with E-state index in [4.69, 9.17) is 4.99 Å². The van der Waals surface area contributed by atoms with Crippen molar-refractivity contribution in [3.8, 4) is 0 Å². The maximum Gasteiger partial charge on any atom is 0.191 e. The number of aliphatic imine (C=N–C) groups is 1. The lowest BCUT2D eigenvalue weighted by molar-refractivity contribution is 0.790. The Bertz CT molecular complexity index is 839. The van der Waals surface area contributed by atoms with Gasteiger partial charge in [-0.25, -0.2) is 9.98 Å². The van der Waals surface area contributed by atoms with Gasteiger partial charge < -0.3 is 15.0 Å². The van der Waals surface area contributed by atoms with Crippen LogP contribution in [0, 0.1) is 0 Å². The Kier molecular flexibility index (Phi) is 8.57. The number of benzene rings is 1. The number of halogens is 1. The molecule has 0 aliphatic rings. The van der Waals surface area contributed by atoms with Crippen LogP contribution < -0.4 is 10.6 Å². The van der Waals surface area contributed by atoms with Crippen molar-refractivity contribution in [2.75, 3.05) is 13.1 Å². The number of aryl methyl sites for hydroxylation is 1. The molecule has 0 aliphatic heterocycles. The second-order valence-corrected chi connectivity index (χ2v) is 6.19. The molecule has 5 nitrogen and oxygen atoms in total. The number of fused-ring (bicyclic) bond motifs is 1. The SMILES string of the molecule is CCNC(=NCc1ccccc1CC)NCCc1cn2ccccc2n1.I. The monoisotopic (exact) mass is 477 g/mol. The zero-order valence-electron chi connectivity index (χ0n) is 16.0. The first-order chi connectivity index (χ1) is 12.8. The molecule has 0 amide bonds. The molecule has 2 aromatic heterocycles. The zero-order valence-corrected chi connectivity index (χ0v) is 18.3. The standard InChI is InChI=1S/C21H27N5.HI/c1-3-17-9-5-6-10-18(17)15-24-21(22-4-2)23-13-12-19-16-26-14-8-7-11-20(26)25-19;/h5-11,14,16H,3-4,12-13,15H2,1-2H3,(H2,22,23,24);1H. The van der Waals surface area contributed by atoms with E-state index in [1.54, 1.807) is 0 Å². The molecular formula is C21H28IN5. The first-order valence-electron chi connectivity index (χ1n) is 9.31. The number of hydrogen-bond donors (Lipinski definition) is 2. The van der Waals surface area contributed by atoms with Gasteiger partial charge in [0.05, 0.1) is 12.2 Å². The van der Waals surface area contributed by atoms with E-state index in [1.165, 1.54) is 11.1 Å². The number of guanidine groups is 1. The molecule has 1 aromatic carbocycles. The Balaban J connectivity index is 0.00000261. The van der Waals surface area contributed by atoms with Crippen molar-refractivity contribution in [3.63, 3.8) is 0 Å². The molecule has 0 aliphatic carbocycles. The molecule has 2 N–H and O–H groups in total. The van der Waals surface area contributed by atoms with Crippen molar-refractivity contribution < 1.29 is 0 Å². The highest BCUT2D eigenvalue weighted by Crippen LogP contribution is 2.10. The lowest BCUT2D eigenvalue weighted by Crippen LogP contribution is -2.38. The van der Waals surface area contributed by atoms with E-state index in [-0.39, 0.29) is 24.0 Å². The molecule has 0 spiro atoms. The van der Waals surface area contributed by atoms with Gasteiger partial charge in [-0.3, -0.25) is 0 Å². The predicted molar refractivity (Wildman–Crippen MR) is 123 cm³/mol. The van der Waals surface area contributed by atoms with Crippen LogP contribution in [0.4, 0.5) is 0 Å². The molecule has 3 aromatic rings. The summed E-state index contributed by atoms with van der Waals surface area (Å²) >= 11 is 0. The molecule has 0 unspecified atom stereocenters. The van der Waals surface area contributed by atoms with Crippen molar-refractivity contribution >= 4 is 35.6 Å². The molecular weight excluding hydrogens is 449 g/mol. The highest BCUT2D eigenvalue weighted by Gasteiger charge is 2.03. The largest absolute Gasteiger partial charge is 0.357 e. The Labute approximate surface area is 178 Å². The van der Waals surface area contributed by atoms with Crippen LogP contribution in [0.25, 0.3) is 5.65 Å². The third-order valence-corrected chi connectivity index (χ3v) is 4.34. The minimum Gasteiger partial charge on any atom is -0.357 e. The summed E-state index contributed by atoms with van der Waals surface area (Å²) in [6, 6.07) is 14.5. The number of pyridine rings is 1. The lowest BCUT2D eigenvalue weighted by atomic mass is 10.1. The van der Waals surface area contributed by atoms with Crippen molar-refractivity contribution in [2.24, 2.45) is 4.99 Å². The van der Waals surface area contributed by atoms with Crippen LogP contribution in [0.5, 0.6) is 0 Å². The summed E-state index contributed by atoms with van der Waals surface area (Å²) in [5.41, 5.74) is 4.71. The van der Waals surface area contributed by atoms with Gasteiger partial charge in [0.2, 0.25) is 0 Å². The Hall–Kier alpha value is -2.09. The normalized spacial score (nSPS) is 11.3. The topological polar surface area (TPSA) is 53.7 Å². The number of imidazole rings is 1. The van der Waals surface area contributed by atoms with Gasteiger partial charge in [-0.05, 0) is 36.6 Å². The number of hydrogen-bond acceptors (Lipinski definition) is 2. The van der Waals surface area contributed by atoms with Crippen molar-refractivity contribution in [2.45, 2.75) is 33.2 Å². The van der Waals surface area contributed by atoms with E-state index >= 15 is 0 Å². The van der Waals surface area contributed by atoms with Crippen molar-refractivity contribution in [1.82, 2.24) is 20.0 Å². The molecule has 6 heteroatoms. The molecule has 0 saturated carbocycles. The third kappa shape index (κ3) is 5.95. The van der Waals surface area contributed by atoms with E-state index in [0.29, 0.717) is 6.54 Å². The van der Waals surface area contributed by atoms with Gasteiger partial charge in [-0.1, -0.05) is 37.3 Å². The molecule has 144 valence electrons. The van der Waals surface area contributed by atoms with E-state index in [2.05, 4.69) is 64.3 Å². The van der Waals surface area contributed by atoms with Crippen LogP contribution in [0.1, 0.15) is 30.7 Å². The molecule has 0 bridgehead atoms. The van der Waals surface area contributed by atoms with E-state index in [1.807, 2.05) is 24.4 Å². The summed E-state index contributed by atoms with van der Waals surface area (Å²) in [7, 11) is 0. The lowest BCUT2D eigenvalue weighted by Gasteiger charge is -2.11. The van der Waals surface area contributed by atoms with Gasteiger partial charge in [0.25, 0.3) is 0 Å². The van der Waals surface area contributed by atoms with Crippen LogP contribution in [0.15, 0.2) is 59.9 Å². The minimum atomic E-state index is 0. The van der Waals surface area contributed by atoms with Crippen LogP contribution in [0.3, 0.4) is 0 Å². The van der Waals surface area contributed by atoms with Gasteiger partial charge in [0, 0.05) is 31.9 Å². The predicted octanol–water partition coefficient (Wildman–Crippen LogP) is 3.81. The van der Waals surface area contributed by atoms with E-state index < -0.39 is 0 Å². The van der Waals surface area contributed by atoms with Crippen LogP contribution in [-0.4, -0.2) is 28.4 Å². The van der Waals surface area contributed by atoms with E-state index in [0.717, 1.165) is 43.2 Å². The van der Waals surface area contributed by atoms with Gasteiger partial charge >= 0.3 is 0 Å². The molecule has 0 fully saturated rings. The summed E-state index contributed by atoms with van der Waals surface area (Å²) in [5.74, 6) is 0.849. The Morgan fingerprint density at radius 2 is 1.81 bits per heavy atom. The third-order valence-electron chi connectivity index (χ3n) is 4.34. The summed E-state index contributed by atoms with van der Waals surface area (Å²) in [4.78, 5) is 9.37. The molecule has 0 saturated heterocycles. The molecule has 27 heavy (non-hydrogen) atoms. The zero-order chi connectivity index (χ0) is 18.2. The van der Waals surface area contributed by atoms with Gasteiger partial charge in [0.1, 0.15) is 5.65 Å². The average molecular weight is 477 g/mol. The van der Waals surface area contributed by atoms with Crippen molar-refractivity contribution in [1.29, 1.82) is 0 Å². The fraction of sp³-hybridized carbons (Fsp3) is 0.333. The second kappa shape index (κ2) is 10.9. The van der Waals surface area contributed by atoms with Crippen LogP contribution >= 0.6 is 24.0 Å². The van der Waals surface area contributed by atoms with Gasteiger partial charge in [0.15, 0.2) is 5.96 Å². The first kappa shape index (κ1) is 21.2. The number of nitrogens with zero attached hydrogens (tertiary/aromatic N) is 3. The average Bonchev–Trinajstić information content (AvgIpc) is 3.09. The molecule has 0 radical (unpaired) electrons. The maximum absolute atomic E-state index is 4.74. The molecule has 0 atom stereocenters. The highest BCUT2D eigenvalue weighted by molar-refractivity contribution is 14.0. The molecule has 2 heterocycles. The van der Waals surface area contributed by atoms with E-state index in [9.17, 15) is 0 Å².